The fourth-order valence-corrected chi connectivity index (χ4v) is 4.60. The van der Waals surface area contributed by atoms with Crippen LogP contribution in [0.5, 0.6) is 0 Å². The molecule has 3 amide bonds. The van der Waals surface area contributed by atoms with Crippen LogP contribution < -0.4 is 5.32 Å². The number of nitrogens with one attached hydrogen (secondary N) is 1. The van der Waals surface area contributed by atoms with Gasteiger partial charge in [-0.1, -0.05) is 30.3 Å². The maximum atomic E-state index is 12.8. The second-order valence-corrected chi connectivity index (χ2v) is 8.10. The van der Waals surface area contributed by atoms with Crippen molar-refractivity contribution in [3.05, 3.63) is 47.2 Å². The van der Waals surface area contributed by atoms with Crippen LogP contribution in [0.1, 0.15) is 18.9 Å². The lowest BCUT2D eigenvalue weighted by Crippen LogP contribution is -2.70. The maximum Gasteiger partial charge on any atom is 0.352 e. The van der Waals surface area contributed by atoms with E-state index in [-0.39, 0.29) is 44.3 Å². The van der Waals surface area contributed by atoms with Gasteiger partial charge in [0.05, 0.1) is 6.04 Å². The van der Waals surface area contributed by atoms with Crippen molar-refractivity contribution in [1.29, 1.82) is 0 Å². The van der Waals surface area contributed by atoms with Gasteiger partial charge in [-0.05, 0) is 17.6 Å². The number of amides is 3. The Labute approximate surface area is 188 Å². The molecule has 0 spiro atoms. The molecular formula is C22H23N3O8. The molecule has 3 aliphatic heterocycles. The van der Waals surface area contributed by atoms with Gasteiger partial charge in [-0.15, -0.1) is 0 Å². The predicted octanol–water partition coefficient (Wildman–Crippen LogP) is 0.256. The molecule has 2 saturated heterocycles. The molecule has 0 radical (unpaired) electrons. The smallest absolute Gasteiger partial charge is 0.352 e. The first kappa shape index (κ1) is 22.3. The third-order valence-corrected chi connectivity index (χ3v) is 5.99. The lowest BCUT2D eigenvalue weighted by atomic mass is 9.79. The van der Waals surface area contributed by atoms with Crippen LogP contribution in [0, 0.1) is 5.92 Å². The van der Waals surface area contributed by atoms with Crippen molar-refractivity contribution in [1.82, 2.24) is 15.1 Å². The zero-order valence-electron chi connectivity index (χ0n) is 17.9. The quantitative estimate of drug-likeness (QED) is 0.438. The van der Waals surface area contributed by atoms with Gasteiger partial charge in [-0.3, -0.25) is 19.3 Å². The molecule has 0 aliphatic carbocycles. The summed E-state index contributed by atoms with van der Waals surface area (Å²) in [7, 11) is 0. The molecule has 0 bridgehead atoms. The molecule has 1 aromatic carbocycles. The second kappa shape index (κ2) is 8.93. The number of carbonyl (C=O) groups is 5. The van der Waals surface area contributed by atoms with E-state index in [4.69, 9.17) is 9.47 Å². The standard InChI is InChI=1S/C22H23N3O8/c1-12(26)32-11-15-7-14-9-24(19-17(14)25(20(19)28)18(15)21(29)30)22(31)23-8-16(27)33-10-13-5-3-2-4-6-13/h2-6,14,17,19H,7-11H2,1H3,(H,23,31)(H,29,30)/t14-,17-,19+/m1/s1. The fourth-order valence-electron chi connectivity index (χ4n) is 4.60. The molecule has 4 rings (SSSR count). The lowest BCUT2D eigenvalue weighted by Gasteiger charge is -2.49. The van der Waals surface area contributed by atoms with Crippen molar-refractivity contribution in [3.8, 4) is 0 Å². The van der Waals surface area contributed by atoms with Crippen LogP contribution in [0.15, 0.2) is 41.6 Å². The highest BCUT2D eigenvalue weighted by Gasteiger charge is 2.64. The fraction of sp³-hybridized carbons (Fsp3) is 0.409. The SMILES string of the molecule is CC(=O)OCC1=C(C(=O)O)N2C(=O)[C@@H]3[C@H]2[C@H](C1)CN3C(=O)NCC(=O)OCc1ccccc1. The number of carboxylic acids is 1. The Kier molecular flexibility index (Phi) is 6.03. The van der Waals surface area contributed by atoms with E-state index >= 15 is 0 Å². The number of likely N-dealkylation sites (tertiary alicyclic amines) is 1. The van der Waals surface area contributed by atoms with E-state index in [0.29, 0.717) is 5.57 Å². The number of hydrogen-bond acceptors (Lipinski definition) is 7. The first-order chi connectivity index (χ1) is 15.8. The van der Waals surface area contributed by atoms with Crippen LogP contribution >= 0.6 is 0 Å². The zero-order valence-corrected chi connectivity index (χ0v) is 17.9. The van der Waals surface area contributed by atoms with Gasteiger partial charge in [0.25, 0.3) is 5.91 Å². The zero-order chi connectivity index (χ0) is 23.7. The van der Waals surface area contributed by atoms with E-state index in [0.717, 1.165) is 5.56 Å². The van der Waals surface area contributed by atoms with Crippen LogP contribution in [-0.2, 0) is 35.3 Å². The van der Waals surface area contributed by atoms with Crippen LogP contribution in [0.2, 0.25) is 0 Å². The minimum absolute atomic E-state index is 0.0776. The molecule has 3 atom stereocenters. The second-order valence-electron chi connectivity index (χ2n) is 8.10. The summed E-state index contributed by atoms with van der Waals surface area (Å²) in [4.78, 5) is 62.9. The van der Waals surface area contributed by atoms with Gasteiger partial charge >= 0.3 is 23.9 Å². The van der Waals surface area contributed by atoms with Crippen LogP contribution in [0.25, 0.3) is 0 Å². The van der Waals surface area contributed by atoms with Gasteiger partial charge in [-0.25, -0.2) is 9.59 Å². The summed E-state index contributed by atoms with van der Waals surface area (Å²) in [5.41, 5.74) is 0.954. The number of urea groups is 1. The largest absolute Gasteiger partial charge is 0.477 e. The summed E-state index contributed by atoms with van der Waals surface area (Å²) >= 11 is 0. The van der Waals surface area contributed by atoms with E-state index < -0.39 is 41.9 Å². The molecule has 0 aromatic heterocycles. The number of aliphatic carboxylic acids is 1. The minimum atomic E-state index is -1.29. The highest BCUT2D eigenvalue weighted by atomic mass is 16.5. The molecule has 0 saturated carbocycles. The molecule has 0 unspecified atom stereocenters. The predicted molar refractivity (Wildman–Crippen MR) is 110 cm³/mol. The summed E-state index contributed by atoms with van der Waals surface area (Å²) < 4.78 is 10.1. The molecule has 3 aliphatic rings. The van der Waals surface area contributed by atoms with E-state index in [2.05, 4.69) is 5.32 Å². The van der Waals surface area contributed by atoms with Crippen LogP contribution in [0.3, 0.4) is 0 Å². The number of nitrogens with zero attached hydrogens (tertiary/aromatic N) is 2. The Morgan fingerprint density at radius 1 is 1.12 bits per heavy atom. The molecule has 11 nitrogen and oxygen atoms in total. The summed E-state index contributed by atoms with van der Waals surface area (Å²) in [6.45, 7) is 0.906. The molecule has 2 fully saturated rings. The summed E-state index contributed by atoms with van der Waals surface area (Å²) in [5, 5.41) is 12.1. The van der Waals surface area contributed by atoms with Crippen LogP contribution in [0.4, 0.5) is 4.79 Å². The number of hydrogen-bond donors (Lipinski definition) is 2. The lowest BCUT2D eigenvalue weighted by molar-refractivity contribution is -0.156. The van der Waals surface area contributed by atoms with Crippen molar-refractivity contribution < 1.29 is 38.6 Å². The summed E-state index contributed by atoms with van der Waals surface area (Å²) in [6.07, 6.45) is 0.281. The van der Waals surface area contributed by atoms with Crippen molar-refractivity contribution in [2.24, 2.45) is 5.92 Å². The normalized spacial score (nSPS) is 22.9. The Balaban J connectivity index is 1.36. The third-order valence-electron chi connectivity index (χ3n) is 5.99. The Bertz CT molecular complexity index is 1040. The maximum absolute atomic E-state index is 12.8. The number of rotatable bonds is 7. The van der Waals surface area contributed by atoms with Gasteiger partial charge in [0.1, 0.15) is 31.5 Å². The first-order valence-electron chi connectivity index (χ1n) is 10.4. The van der Waals surface area contributed by atoms with Crippen molar-refractivity contribution in [3.63, 3.8) is 0 Å². The average molecular weight is 457 g/mol. The third kappa shape index (κ3) is 4.26. The van der Waals surface area contributed by atoms with Crippen molar-refractivity contribution >= 4 is 29.8 Å². The molecule has 33 heavy (non-hydrogen) atoms. The number of β-lactam (4-membered cyclic amide) rings is 1. The Hall–Kier alpha value is -3.89. The van der Waals surface area contributed by atoms with E-state index in [1.807, 2.05) is 18.2 Å². The van der Waals surface area contributed by atoms with Gasteiger partial charge < -0.3 is 24.8 Å². The number of ether oxygens (including phenoxy) is 2. The summed E-state index contributed by atoms with van der Waals surface area (Å²) in [5.74, 6) is -3.18. The molecular weight excluding hydrogens is 434 g/mol. The Morgan fingerprint density at radius 3 is 2.52 bits per heavy atom. The number of benzene rings is 1. The molecule has 174 valence electrons. The van der Waals surface area contributed by atoms with Crippen molar-refractivity contribution in [2.75, 3.05) is 19.7 Å². The first-order valence-corrected chi connectivity index (χ1v) is 10.4. The monoisotopic (exact) mass is 457 g/mol. The van der Waals surface area contributed by atoms with E-state index in [9.17, 15) is 29.1 Å². The topological polar surface area (TPSA) is 143 Å². The molecule has 2 N–H and O–H groups in total. The highest BCUT2D eigenvalue weighted by molar-refractivity contribution is 6.02. The van der Waals surface area contributed by atoms with Crippen LogP contribution in [-0.4, -0.2) is 76.5 Å². The number of carbonyl (C=O) groups excluding carboxylic acids is 4. The van der Waals surface area contributed by atoms with Gasteiger partial charge in [0.2, 0.25) is 0 Å². The minimum Gasteiger partial charge on any atom is -0.477 e. The van der Waals surface area contributed by atoms with Gasteiger partial charge in [0.15, 0.2) is 0 Å². The number of carboxylic acid groups (broad SMARTS) is 1. The van der Waals surface area contributed by atoms with E-state index in [1.165, 1.54) is 16.7 Å². The molecule has 11 heteroatoms. The molecule has 1 aromatic rings. The molecule has 3 heterocycles. The Morgan fingerprint density at radius 2 is 1.85 bits per heavy atom. The van der Waals surface area contributed by atoms with Gasteiger partial charge in [-0.2, -0.15) is 0 Å². The van der Waals surface area contributed by atoms with Crippen molar-refractivity contribution in [2.45, 2.75) is 32.0 Å². The highest BCUT2D eigenvalue weighted by Crippen LogP contribution is 2.47. The van der Waals surface area contributed by atoms with Gasteiger partial charge in [0, 0.05) is 19.4 Å². The number of esters is 2. The van der Waals surface area contributed by atoms with E-state index in [1.54, 1.807) is 12.1 Å². The summed E-state index contributed by atoms with van der Waals surface area (Å²) in [6, 6.07) is 7.24. The average Bonchev–Trinajstić information content (AvgIpc) is 3.16.